The Bertz CT molecular complexity index is 2710. The first-order valence-electron chi connectivity index (χ1n) is 17.4. The number of rotatable bonds is 5. The van der Waals surface area contributed by atoms with Crippen LogP contribution in [0.4, 0.5) is 0 Å². The number of benzene rings is 6. The molecule has 2 aromatic heterocycles. The van der Waals surface area contributed by atoms with Crippen molar-refractivity contribution in [2.75, 3.05) is 0 Å². The van der Waals surface area contributed by atoms with E-state index >= 15 is 0 Å². The van der Waals surface area contributed by atoms with Gasteiger partial charge in [-0.05, 0) is 69.3 Å². The summed E-state index contributed by atoms with van der Waals surface area (Å²) >= 11 is 0. The molecule has 1 aliphatic carbocycles. The monoisotopic (exact) mass is 667 g/mol. The molecule has 0 N–H and O–H groups in total. The average molecular weight is 668 g/mol. The Labute approximate surface area is 302 Å². The average Bonchev–Trinajstić information content (AvgIpc) is 3.59. The number of fused-ring (bicyclic) bond motifs is 4. The molecule has 8 aromatic rings. The van der Waals surface area contributed by atoms with Gasteiger partial charge < -0.3 is 4.42 Å². The topological polar surface area (TPSA) is 51.8 Å². The van der Waals surface area contributed by atoms with Gasteiger partial charge in [-0.3, -0.25) is 0 Å². The van der Waals surface area contributed by atoms with Crippen LogP contribution in [0.3, 0.4) is 0 Å². The Morgan fingerprint density at radius 1 is 0.481 bits per heavy atom. The summed E-state index contributed by atoms with van der Waals surface area (Å²) in [5, 5.41) is 4.35. The van der Waals surface area contributed by atoms with Crippen molar-refractivity contribution in [1.82, 2.24) is 15.0 Å². The molecule has 1 aliphatic rings. The summed E-state index contributed by atoms with van der Waals surface area (Å²) in [5.74, 6) is 1.90. The van der Waals surface area contributed by atoms with E-state index in [9.17, 15) is 0 Å². The summed E-state index contributed by atoms with van der Waals surface area (Å²) in [6.07, 6.45) is 15.4. The maximum absolute atomic E-state index is 6.56. The quantitative estimate of drug-likeness (QED) is 0.183. The maximum Gasteiger partial charge on any atom is 0.164 e. The summed E-state index contributed by atoms with van der Waals surface area (Å²) in [7, 11) is 0. The van der Waals surface area contributed by atoms with E-state index in [0.29, 0.717) is 17.5 Å². The van der Waals surface area contributed by atoms with Crippen molar-refractivity contribution in [3.05, 3.63) is 194 Å². The van der Waals surface area contributed by atoms with Gasteiger partial charge in [0, 0.05) is 27.5 Å². The Hall–Kier alpha value is -6.91. The van der Waals surface area contributed by atoms with Gasteiger partial charge >= 0.3 is 0 Å². The van der Waals surface area contributed by atoms with Crippen LogP contribution in [-0.4, -0.2) is 15.0 Å². The van der Waals surface area contributed by atoms with E-state index in [4.69, 9.17) is 19.4 Å². The predicted molar refractivity (Wildman–Crippen MR) is 216 cm³/mol. The van der Waals surface area contributed by atoms with E-state index in [1.807, 2.05) is 91.0 Å². The van der Waals surface area contributed by atoms with E-state index in [0.717, 1.165) is 78.1 Å². The van der Waals surface area contributed by atoms with E-state index in [2.05, 4.69) is 91.5 Å². The van der Waals surface area contributed by atoms with Crippen LogP contribution in [0, 0.1) is 0 Å². The second-order valence-electron chi connectivity index (χ2n) is 12.9. The summed E-state index contributed by atoms with van der Waals surface area (Å²) in [6, 6.07) is 45.9. The number of para-hydroxylation sites is 1. The van der Waals surface area contributed by atoms with Crippen LogP contribution in [0.1, 0.15) is 12.0 Å². The third-order valence-corrected chi connectivity index (χ3v) is 9.51. The highest BCUT2D eigenvalue weighted by Crippen LogP contribution is 2.43. The number of allylic oxidation sites excluding steroid dienone is 9. The van der Waals surface area contributed by atoms with Crippen molar-refractivity contribution in [1.29, 1.82) is 0 Å². The Balaban J connectivity index is 1.27. The molecule has 0 unspecified atom stereocenters. The lowest BCUT2D eigenvalue weighted by molar-refractivity contribution is 0.669. The molecule has 0 amide bonds. The molecular weight excluding hydrogens is 635 g/mol. The second kappa shape index (κ2) is 13.4. The third kappa shape index (κ3) is 5.86. The molecule has 0 radical (unpaired) electrons. The van der Waals surface area contributed by atoms with Crippen molar-refractivity contribution in [3.8, 4) is 45.3 Å². The largest absolute Gasteiger partial charge is 0.456 e. The highest BCUT2D eigenvalue weighted by molar-refractivity contribution is 6.17. The molecule has 0 spiro atoms. The zero-order chi connectivity index (χ0) is 34.9. The van der Waals surface area contributed by atoms with Crippen molar-refractivity contribution in [3.63, 3.8) is 0 Å². The summed E-state index contributed by atoms with van der Waals surface area (Å²) in [4.78, 5) is 15.1. The van der Waals surface area contributed by atoms with Crippen molar-refractivity contribution < 1.29 is 4.42 Å². The zero-order valence-electron chi connectivity index (χ0n) is 28.4. The molecular formula is C48H33N3O. The molecule has 0 saturated carbocycles. The fraction of sp³-hybridized carbons (Fsp3) is 0.0208. The fourth-order valence-electron chi connectivity index (χ4n) is 6.99. The fourth-order valence-corrected chi connectivity index (χ4v) is 6.99. The van der Waals surface area contributed by atoms with Crippen LogP contribution in [0.25, 0.3) is 83.6 Å². The molecule has 0 aliphatic heterocycles. The predicted octanol–water partition coefficient (Wildman–Crippen LogP) is 12.6. The van der Waals surface area contributed by atoms with Crippen molar-refractivity contribution in [2.24, 2.45) is 0 Å². The first-order chi connectivity index (χ1) is 25.7. The maximum atomic E-state index is 6.56. The third-order valence-electron chi connectivity index (χ3n) is 9.51. The SMILES string of the molecule is C=C1C=C/C=C(/c2cc(-c3ccc(-c4nc(-c5ccccc5)nc(-c5ccccc5)n4)c4ccccc34)c3c(c2)oc2ccccc23)C/C=C\C=C/1. The van der Waals surface area contributed by atoms with Gasteiger partial charge in [-0.2, -0.15) is 0 Å². The van der Waals surface area contributed by atoms with E-state index in [1.165, 1.54) is 5.57 Å². The van der Waals surface area contributed by atoms with Crippen LogP contribution >= 0.6 is 0 Å². The molecule has 246 valence electrons. The zero-order valence-corrected chi connectivity index (χ0v) is 28.4. The smallest absolute Gasteiger partial charge is 0.164 e. The highest BCUT2D eigenvalue weighted by Gasteiger charge is 2.20. The summed E-state index contributed by atoms with van der Waals surface area (Å²) < 4.78 is 6.56. The lowest BCUT2D eigenvalue weighted by atomic mass is 9.89. The van der Waals surface area contributed by atoms with Gasteiger partial charge in [0.2, 0.25) is 0 Å². The first kappa shape index (κ1) is 31.1. The number of hydrogen-bond donors (Lipinski definition) is 0. The van der Waals surface area contributed by atoms with E-state index < -0.39 is 0 Å². The molecule has 6 aromatic carbocycles. The van der Waals surface area contributed by atoms with Crippen LogP contribution in [0.2, 0.25) is 0 Å². The van der Waals surface area contributed by atoms with Crippen LogP contribution in [-0.2, 0) is 0 Å². The second-order valence-corrected chi connectivity index (χ2v) is 12.9. The molecule has 0 bridgehead atoms. The molecule has 2 heterocycles. The molecule has 9 rings (SSSR count). The molecule has 4 heteroatoms. The van der Waals surface area contributed by atoms with E-state index in [1.54, 1.807) is 0 Å². The van der Waals surface area contributed by atoms with Gasteiger partial charge in [0.25, 0.3) is 0 Å². The molecule has 52 heavy (non-hydrogen) atoms. The lowest BCUT2D eigenvalue weighted by Crippen LogP contribution is -2.00. The molecule has 0 atom stereocenters. The molecule has 4 nitrogen and oxygen atoms in total. The van der Waals surface area contributed by atoms with Crippen LogP contribution < -0.4 is 0 Å². The number of furan rings is 1. The Morgan fingerprint density at radius 3 is 1.81 bits per heavy atom. The van der Waals surface area contributed by atoms with Gasteiger partial charge in [-0.25, -0.2) is 15.0 Å². The van der Waals surface area contributed by atoms with Gasteiger partial charge in [-0.15, -0.1) is 0 Å². The minimum absolute atomic E-state index is 0.629. The summed E-state index contributed by atoms with van der Waals surface area (Å²) in [6.45, 7) is 4.14. The van der Waals surface area contributed by atoms with Crippen molar-refractivity contribution >= 4 is 38.3 Å². The van der Waals surface area contributed by atoms with Crippen molar-refractivity contribution in [2.45, 2.75) is 6.42 Å². The number of nitrogens with zero attached hydrogens (tertiary/aromatic N) is 3. The Morgan fingerprint density at radius 2 is 1.08 bits per heavy atom. The van der Waals surface area contributed by atoms with Gasteiger partial charge in [-0.1, -0.05) is 158 Å². The Kier molecular flexibility index (Phi) is 8.03. The lowest BCUT2D eigenvalue weighted by Gasteiger charge is -2.15. The molecule has 0 fully saturated rings. The number of aromatic nitrogens is 3. The van der Waals surface area contributed by atoms with Crippen LogP contribution in [0.15, 0.2) is 193 Å². The minimum atomic E-state index is 0.629. The van der Waals surface area contributed by atoms with Gasteiger partial charge in [0.05, 0.1) is 0 Å². The highest BCUT2D eigenvalue weighted by atomic mass is 16.3. The summed E-state index contributed by atoms with van der Waals surface area (Å²) in [5.41, 5.74) is 10.0. The van der Waals surface area contributed by atoms with Gasteiger partial charge in [0.15, 0.2) is 17.5 Å². The standard InChI is InChI=1S/C48H33N3O/c1-32-16-5-2-6-18-33(23-15-17-32)36-30-42(45-41-26-13-14-27-43(41)52-44(45)31-36)39-28-29-40(38-25-12-11-24-37(38)39)48-50-46(34-19-7-3-8-20-34)49-47(51-48)35-21-9-4-10-22-35/h2-17,19-31H,1,18H2/b6-2-,16-5-,17-15?,33-23+. The normalized spacial score (nSPS) is 15.5. The number of hydrogen-bond acceptors (Lipinski definition) is 4. The van der Waals surface area contributed by atoms with Crippen LogP contribution in [0.5, 0.6) is 0 Å². The minimum Gasteiger partial charge on any atom is -0.456 e. The van der Waals surface area contributed by atoms with Gasteiger partial charge in [0.1, 0.15) is 11.2 Å². The molecule has 0 saturated heterocycles. The van der Waals surface area contributed by atoms with E-state index in [-0.39, 0.29) is 0 Å². The first-order valence-corrected chi connectivity index (χ1v) is 17.4.